The Morgan fingerprint density at radius 3 is 2.67 bits per heavy atom. The third-order valence-corrected chi connectivity index (χ3v) is 6.62. The van der Waals surface area contributed by atoms with Crippen molar-refractivity contribution in [2.75, 3.05) is 15.9 Å². The van der Waals surface area contributed by atoms with Crippen LogP contribution in [0.2, 0.25) is 5.02 Å². The molecule has 36 heavy (non-hydrogen) atoms. The molecule has 0 aliphatic carbocycles. The van der Waals surface area contributed by atoms with E-state index in [2.05, 4.69) is 14.7 Å². The van der Waals surface area contributed by atoms with E-state index in [1.165, 1.54) is 29.1 Å². The van der Waals surface area contributed by atoms with Crippen molar-refractivity contribution >= 4 is 50.3 Å². The van der Waals surface area contributed by atoms with Crippen LogP contribution in [0.3, 0.4) is 0 Å². The van der Waals surface area contributed by atoms with Gasteiger partial charge in [-0.1, -0.05) is 17.7 Å². The van der Waals surface area contributed by atoms with E-state index in [4.69, 9.17) is 16.6 Å². The van der Waals surface area contributed by atoms with Gasteiger partial charge in [-0.15, -0.1) is 0 Å². The number of carboxylic acid groups (broad SMARTS) is 1. The lowest BCUT2D eigenvalue weighted by molar-refractivity contribution is 0.0695. The van der Waals surface area contributed by atoms with Gasteiger partial charge in [-0.3, -0.25) is 19.1 Å². The number of rotatable bonds is 5. The number of hydrogen-bond acceptors (Lipinski definition) is 8. The molecule has 0 bridgehead atoms. The molecule has 4 aromatic rings. The van der Waals surface area contributed by atoms with E-state index >= 15 is 0 Å². The molecule has 184 valence electrons. The first kappa shape index (κ1) is 23.7. The standard InChI is InChI=1S/C23H19ClN6O5S/c1-12-6-19(28-36(2,34)35)26-8-18(12)30-10-15(23(32)33)20(31)14-7-16(24)22(27-21(14)30)29-9-13-4-3-5-25-17(13)11-29/h3-8,10H,9,11H2,1-2H3,(H,26,28)(H,32,33). The Labute approximate surface area is 210 Å². The zero-order chi connectivity index (χ0) is 25.8. The maximum atomic E-state index is 13.0. The van der Waals surface area contributed by atoms with E-state index in [9.17, 15) is 23.1 Å². The Bertz CT molecular complexity index is 1710. The van der Waals surface area contributed by atoms with Gasteiger partial charge < -0.3 is 10.0 Å². The molecule has 13 heteroatoms. The summed E-state index contributed by atoms with van der Waals surface area (Å²) in [5.41, 5.74) is 1.89. The first-order valence-electron chi connectivity index (χ1n) is 10.6. The van der Waals surface area contributed by atoms with Gasteiger partial charge in [-0.25, -0.2) is 23.2 Å². The lowest BCUT2D eigenvalue weighted by atomic mass is 10.1. The average Bonchev–Trinajstić information content (AvgIpc) is 3.22. The Morgan fingerprint density at radius 1 is 1.22 bits per heavy atom. The van der Waals surface area contributed by atoms with Gasteiger partial charge in [0.1, 0.15) is 11.4 Å². The second-order valence-corrected chi connectivity index (χ2v) is 10.6. The van der Waals surface area contributed by atoms with Gasteiger partial charge in [0.15, 0.2) is 11.5 Å². The summed E-state index contributed by atoms with van der Waals surface area (Å²) in [6.45, 7) is 2.69. The molecule has 0 spiro atoms. The van der Waals surface area contributed by atoms with Crippen molar-refractivity contribution in [2.45, 2.75) is 20.0 Å². The van der Waals surface area contributed by atoms with Crippen molar-refractivity contribution in [2.24, 2.45) is 0 Å². The molecule has 0 atom stereocenters. The van der Waals surface area contributed by atoms with Crippen LogP contribution in [-0.2, 0) is 23.1 Å². The number of aromatic carboxylic acids is 1. The molecule has 0 saturated heterocycles. The van der Waals surface area contributed by atoms with Crippen LogP contribution in [0.15, 0.2) is 47.7 Å². The molecule has 4 aromatic heterocycles. The van der Waals surface area contributed by atoms with Gasteiger partial charge in [-0.2, -0.15) is 0 Å². The van der Waals surface area contributed by atoms with Crippen molar-refractivity contribution in [3.63, 3.8) is 0 Å². The van der Waals surface area contributed by atoms with Crippen molar-refractivity contribution in [3.8, 4) is 5.69 Å². The minimum Gasteiger partial charge on any atom is -0.477 e. The average molecular weight is 527 g/mol. The van der Waals surface area contributed by atoms with Crippen LogP contribution in [0.25, 0.3) is 16.7 Å². The number of carbonyl (C=O) groups is 1. The van der Waals surface area contributed by atoms with Crippen molar-refractivity contribution in [1.29, 1.82) is 0 Å². The molecule has 5 rings (SSSR count). The number of aromatic nitrogens is 4. The van der Waals surface area contributed by atoms with Crippen LogP contribution < -0.4 is 15.1 Å². The molecule has 0 radical (unpaired) electrons. The monoisotopic (exact) mass is 526 g/mol. The molecule has 5 heterocycles. The smallest absolute Gasteiger partial charge is 0.341 e. The van der Waals surface area contributed by atoms with Gasteiger partial charge >= 0.3 is 5.97 Å². The Hall–Kier alpha value is -4.03. The zero-order valence-corrected chi connectivity index (χ0v) is 20.6. The molecule has 0 aromatic carbocycles. The summed E-state index contributed by atoms with van der Waals surface area (Å²) in [6.07, 6.45) is 5.28. The lowest BCUT2D eigenvalue weighted by Crippen LogP contribution is -2.22. The second-order valence-electron chi connectivity index (χ2n) is 8.41. The number of aryl methyl sites for hydroxylation is 1. The summed E-state index contributed by atoms with van der Waals surface area (Å²) in [7, 11) is -3.55. The number of pyridine rings is 4. The highest BCUT2D eigenvalue weighted by molar-refractivity contribution is 7.92. The number of nitrogens with one attached hydrogen (secondary N) is 1. The van der Waals surface area contributed by atoms with E-state index < -0.39 is 27.0 Å². The number of sulfonamides is 1. The van der Waals surface area contributed by atoms with Gasteiger partial charge in [-0.05, 0) is 36.2 Å². The van der Waals surface area contributed by atoms with Crippen LogP contribution in [0.1, 0.15) is 27.2 Å². The molecule has 1 aliphatic heterocycles. The van der Waals surface area contributed by atoms with E-state index in [1.807, 2.05) is 17.0 Å². The normalized spacial score (nSPS) is 13.1. The molecule has 0 amide bonds. The highest BCUT2D eigenvalue weighted by atomic mass is 35.5. The lowest BCUT2D eigenvalue weighted by Gasteiger charge is -2.20. The molecular formula is C23H19ClN6O5S. The van der Waals surface area contributed by atoms with Gasteiger partial charge in [0.2, 0.25) is 15.5 Å². The molecular weight excluding hydrogens is 508 g/mol. The van der Waals surface area contributed by atoms with Crippen molar-refractivity contribution in [3.05, 3.63) is 80.5 Å². The molecule has 0 fully saturated rings. The van der Waals surface area contributed by atoms with Crippen LogP contribution >= 0.6 is 11.6 Å². The second kappa shape index (κ2) is 8.57. The molecule has 2 N–H and O–H groups in total. The van der Waals surface area contributed by atoms with Crippen LogP contribution in [-0.4, -0.2) is 45.3 Å². The maximum absolute atomic E-state index is 13.0. The maximum Gasteiger partial charge on any atom is 0.341 e. The van der Waals surface area contributed by atoms with Crippen LogP contribution in [0.5, 0.6) is 0 Å². The largest absolute Gasteiger partial charge is 0.477 e. The fourth-order valence-electron chi connectivity index (χ4n) is 4.17. The minimum atomic E-state index is -3.55. The van der Waals surface area contributed by atoms with Gasteiger partial charge in [0.25, 0.3) is 0 Å². The van der Waals surface area contributed by atoms with E-state index in [-0.39, 0.29) is 21.9 Å². The summed E-state index contributed by atoms with van der Waals surface area (Å²) in [5.74, 6) is -0.890. The number of nitrogens with zero attached hydrogens (tertiary/aromatic N) is 5. The molecule has 1 aliphatic rings. The van der Waals surface area contributed by atoms with E-state index in [0.29, 0.717) is 30.2 Å². The SMILES string of the molecule is Cc1cc(NS(C)(=O)=O)ncc1-n1cc(C(=O)O)c(=O)c2cc(Cl)c(N3Cc4cccnc4C3)nc21. The highest BCUT2D eigenvalue weighted by Crippen LogP contribution is 2.33. The van der Waals surface area contributed by atoms with Gasteiger partial charge in [0.05, 0.1) is 40.8 Å². The number of carboxylic acids is 1. The third kappa shape index (κ3) is 4.25. The number of fused-ring (bicyclic) bond motifs is 2. The van der Waals surface area contributed by atoms with Crippen molar-refractivity contribution < 1.29 is 18.3 Å². The summed E-state index contributed by atoms with van der Waals surface area (Å²) in [4.78, 5) is 40.0. The van der Waals surface area contributed by atoms with Crippen LogP contribution in [0, 0.1) is 6.92 Å². The predicted molar refractivity (Wildman–Crippen MR) is 134 cm³/mol. The Balaban J connectivity index is 1.71. The third-order valence-electron chi connectivity index (χ3n) is 5.76. The summed E-state index contributed by atoms with van der Waals surface area (Å²) >= 11 is 6.54. The summed E-state index contributed by atoms with van der Waals surface area (Å²) < 4.78 is 26.9. The quantitative estimate of drug-likeness (QED) is 0.400. The Kier molecular flexibility index (Phi) is 5.64. The fraction of sp³-hybridized carbons (Fsp3) is 0.174. The zero-order valence-electron chi connectivity index (χ0n) is 19.1. The molecule has 0 saturated carbocycles. The highest BCUT2D eigenvalue weighted by Gasteiger charge is 2.25. The molecule has 11 nitrogen and oxygen atoms in total. The van der Waals surface area contributed by atoms with E-state index in [0.717, 1.165) is 17.5 Å². The van der Waals surface area contributed by atoms with Crippen molar-refractivity contribution in [1.82, 2.24) is 19.5 Å². The number of hydrogen-bond donors (Lipinski definition) is 2. The van der Waals surface area contributed by atoms with E-state index in [1.54, 1.807) is 13.1 Å². The minimum absolute atomic E-state index is 0.0243. The number of anilines is 2. The molecule has 0 unspecified atom stereocenters. The Morgan fingerprint density at radius 2 is 2.00 bits per heavy atom. The van der Waals surface area contributed by atoms with Gasteiger partial charge in [0, 0.05) is 18.9 Å². The summed E-state index contributed by atoms with van der Waals surface area (Å²) in [6, 6.07) is 6.73. The fourth-order valence-corrected chi connectivity index (χ4v) is 4.93. The first-order valence-corrected chi connectivity index (χ1v) is 12.9. The first-order chi connectivity index (χ1) is 17.0. The topological polar surface area (TPSA) is 147 Å². The predicted octanol–water partition coefficient (Wildman–Crippen LogP) is 2.73. The number of halogens is 1. The summed E-state index contributed by atoms with van der Waals surface area (Å²) in [5, 5.41) is 9.88. The van der Waals surface area contributed by atoms with Crippen LogP contribution in [0.4, 0.5) is 11.6 Å².